The molecule has 10 heteroatoms. The summed E-state index contributed by atoms with van der Waals surface area (Å²) in [6.07, 6.45) is 0.765. The van der Waals surface area contributed by atoms with E-state index in [1.54, 1.807) is 0 Å². The average molecular weight is 327 g/mol. The summed E-state index contributed by atoms with van der Waals surface area (Å²) in [7, 11) is -7.03. The molecule has 0 aliphatic heterocycles. The molecule has 0 unspecified atom stereocenters. The highest BCUT2D eigenvalue weighted by Crippen LogP contribution is 2.21. The molecule has 0 saturated carbocycles. The summed E-state index contributed by atoms with van der Waals surface area (Å²) >= 11 is 0.845. The van der Waals surface area contributed by atoms with E-state index in [1.807, 2.05) is 0 Å². The van der Waals surface area contributed by atoms with Gasteiger partial charge in [-0.25, -0.2) is 21.6 Å². The Labute approximate surface area is 115 Å². The monoisotopic (exact) mass is 327 g/mol. The van der Waals surface area contributed by atoms with E-state index in [-0.39, 0.29) is 22.9 Å². The largest absolute Gasteiger partial charge is 0.481 e. The fraction of sp³-hybridized carbons (Fsp3) is 0.444. The maximum Gasteiger partial charge on any atom is 0.308 e. The maximum absolute atomic E-state index is 11.8. The number of hydrogen-bond donors (Lipinski definition) is 2. The number of carboxylic acids is 1. The number of rotatable bonds is 7. The quantitative estimate of drug-likeness (QED) is 0.710. The van der Waals surface area contributed by atoms with Crippen LogP contribution in [0.3, 0.4) is 0 Å². The molecular formula is C9H13NO6S3. The molecule has 0 spiro atoms. The molecule has 19 heavy (non-hydrogen) atoms. The van der Waals surface area contributed by atoms with Crippen LogP contribution in [-0.4, -0.2) is 46.5 Å². The van der Waals surface area contributed by atoms with Crippen molar-refractivity contribution in [1.29, 1.82) is 0 Å². The predicted octanol–water partition coefficient (Wildman–Crippen LogP) is -0.302. The molecule has 1 rings (SSSR count). The van der Waals surface area contributed by atoms with Gasteiger partial charge in [0.2, 0.25) is 10.0 Å². The van der Waals surface area contributed by atoms with Crippen LogP contribution >= 0.6 is 11.3 Å². The fourth-order valence-electron chi connectivity index (χ4n) is 1.18. The van der Waals surface area contributed by atoms with Crippen LogP contribution in [0.5, 0.6) is 0 Å². The highest BCUT2D eigenvalue weighted by atomic mass is 32.2. The van der Waals surface area contributed by atoms with Gasteiger partial charge in [-0.1, -0.05) is 0 Å². The van der Waals surface area contributed by atoms with Gasteiger partial charge in [0.25, 0.3) is 0 Å². The number of carbonyl (C=O) groups is 1. The number of thiophene rings is 1. The van der Waals surface area contributed by atoms with E-state index >= 15 is 0 Å². The van der Waals surface area contributed by atoms with Crippen LogP contribution in [0.25, 0.3) is 0 Å². The molecule has 0 atom stereocenters. The van der Waals surface area contributed by atoms with Crippen LogP contribution in [-0.2, 0) is 31.1 Å². The van der Waals surface area contributed by atoms with Gasteiger partial charge in [0.05, 0.1) is 12.2 Å². The first kappa shape index (κ1) is 16.1. The van der Waals surface area contributed by atoms with Crippen LogP contribution < -0.4 is 4.72 Å². The smallest absolute Gasteiger partial charge is 0.308 e. The van der Waals surface area contributed by atoms with Crippen molar-refractivity contribution < 1.29 is 26.7 Å². The molecule has 0 amide bonds. The Balaban J connectivity index is 2.72. The SMILES string of the molecule is CS(=O)(=O)CCNS(=O)(=O)c1ccc(CC(=O)O)s1. The van der Waals surface area contributed by atoms with Crippen molar-refractivity contribution in [1.82, 2.24) is 4.72 Å². The molecule has 1 aromatic rings. The lowest BCUT2D eigenvalue weighted by Crippen LogP contribution is -2.28. The first-order valence-corrected chi connectivity index (χ1v) is 9.44. The summed E-state index contributed by atoms with van der Waals surface area (Å²) in [5.41, 5.74) is 0. The molecule has 1 aromatic heterocycles. The molecule has 0 aliphatic carbocycles. The van der Waals surface area contributed by atoms with Gasteiger partial charge < -0.3 is 5.11 Å². The van der Waals surface area contributed by atoms with Crippen molar-refractivity contribution in [3.05, 3.63) is 17.0 Å². The minimum atomic E-state index is -3.79. The second-order valence-electron chi connectivity index (χ2n) is 3.82. The Bertz CT molecular complexity index is 658. The Hall–Kier alpha value is -0.970. The normalized spacial score (nSPS) is 12.5. The van der Waals surface area contributed by atoms with Gasteiger partial charge in [-0.3, -0.25) is 4.79 Å². The number of nitrogens with one attached hydrogen (secondary N) is 1. The molecule has 7 nitrogen and oxygen atoms in total. The zero-order chi connectivity index (χ0) is 14.7. The van der Waals surface area contributed by atoms with Crippen molar-refractivity contribution in [3.8, 4) is 0 Å². The van der Waals surface area contributed by atoms with Crippen molar-refractivity contribution in [2.24, 2.45) is 0 Å². The zero-order valence-corrected chi connectivity index (χ0v) is 12.4. The maximum atomic E-state index is 11.8. The zero-order valence-electron chi connectivity index (χ0n) is 9.99. The Kier molecular flexibility index (Phi) is 5.07. The number of sulfone groups is 1. The number of carboxylic acid groups (broad SMARTS) is 1. The second kappa shape index (κ2) is 5.99. The molecule has 0 radical (unpaired) electrons. The number of aliphatic carboxylic acids is 1. The average Bonchev–Trinajstić information content (AvgIpc) is 2.63. The highest BCUT2D eigenvalue weighted by Gasteiger charge is 2.17. The molecule has 0 saturated heterocycles. The third kappa shape index (κ3) is 5.68. The van der Waals surface area contributed by atoms with Crippen molar-refractivity contribution in [3.63, 3.8) is 0 Å². The van der Waals surface area contributed by atoms with E-state index in [1.165, 1.54) is 12.1 Å². The summed E-state index contributed by atoms with van der Waals surface area (Å²) in [6, 6.07) is 2.72. The van der Waals surface area contributed by atoms with Gasteiger partial charge in [-0.2, -0.15) is 0 Å². The van der Waals surface area contributed by atoms with Gasteiger partial charge in [0.1, 0.15) is 14.0 Å². The molecule has 0 aliphatic rings. The lowest BCUT2D eigenvalue weighted by atomic mass is 10.3. The number of hydrogen-bond acceptors (Lipinski definition) is 6. The van der Waals surface area contributed by atoms with Gasteiger partial charge in [-0.05, 0) is 12.1 Å². The predicted molar refractivity (Wildman–Crippen MR) is 70.6 cm³/mol. The molecule has 0 aromatic carbocycles. The standard InChI is InChI=1S/C9H13NO6S3/c1-18(13,14)5-4-10-19(15,16)9-3-2-7(17-9)6-8(11)12/h2-3,10H,4-6H2,1H3,(H,11,12). The molecule has 2 N–H and O–H groups in total. The molecule has 0 fully saturated rings. The van der Waals surface area contributed by atoms with E-state index in [4.69, 9.17) is 5.11 Å². The van der Waals surface area contributed by atoms with Gasteiger partial charge in [-0.15, -0.1) is 11.3 Å². The molecule has 1 heterocycles. The van der Waals surface area contributed by atoms with E-state index in [2.05, 4.69) is 4.72 Å². The Morgan fingerprint density at radius 1 is 1.32 bits per heavy atom. The van der Waals surface area contributed by atoms with Crippen LogP contribution in [0, 0.1) is 0 Å². The van der Waals surface area contributed by atoms with Crippen molar-refractivity contribution in [2.75, 3.05) is 18.6 Å². The minimum absolute atomic E-state index is 0.0303. The molecule has 108 valence electrons. The first-order valence-electron chi connectivity index (χ1n) is 5.08. The van der Waals surface area contributed by atoms with Gasteiger partial charge >= 0.3 is 5.97 Å². The summed E-state index contributed by atoms with van der Waals surface area (Å²) in [6.45, 7) is -0.215. The number of sulfonamides is 1. The minimum Gasteiger partial charge on any atom is -0.481 e. The van der Waals surface area contributed by atoms with E-state index in [9.17, 15) is 21.6 Å². The van der Waals surface area contributed by atoms with Crippen LogP contribution in [0.1, 0.15) is 4.88 Å². The van der Waals surface area contributed by atoms with Gasteiger partial charge in [0, 0.05) is 17.7 Å². The molecular weight excluding hydrogens is 314 g/mol. The Morgan fingerprint density at radius 3 is 2.47 bits per heavy atom. The lowest BCUT2D eigenvalue weighted by molar-refractivity contribution is -0.136. The van der Waals surface area contributed by atoms with Gasteiger partial charge in [0.15, 0.2) is 0 Å². The van der Waals surface area contributed by atoms with E-state index in [0.717, 1.165) is 17.6 Å². The van der Waals surface area contributed by atoms with Crippen LogP contribution in [0.2, 0.25) is 0 Å². The van der Waals surface area contributed by atoms with Crippen LogP contribution in [0.4, 0.5) is 0 Å². The topological polar surface area (TPSA) is 118 Å². The van der Waals surface area contributed by atoms with E-state index < -0.39 is 25.8 Å². The second-order valence-corrected chi connectivity index (χ2v) is 9.24. The highest BCUT2D eigenvalue weighted by molar-refractivity contribution is 7.92. The first-order chi connectivity index (χ1) is 8.60. The third-order valence-electron chi connectivity index (χ3n) is 1.99. The summed E-state index contributed by atoms with van der Waals surface area (Å²) in [5, 5.41) is 8.58. The summed E-state index contributed by atoms with van der Waals surface area (Å²) in [4.78, 5) is 10.9. The van der Waals surface area contributed by atoms with E-state index in [0.29, 0.717) is 4.88 Å². The Morgan fingerprint density at radius 2 is 1.95 bits per heavy atom. The molecule has 0 bridgehead atoms. The van der Waals surface area contributed by atoms with Crippen molar-refractivity contribution >= 4 is 37.2 Å². The summed E-state index contributed by atoms with van der Waals surface area (Å²) in [5.74, 6) is -1.34. The lowest BCUT2D eigenvalue weighted by Gasteiger charge is -2.03. The summed E-state index contributed by atoms with van der Waals surface area (Å²) < 4.78 is 47.4. The van der Waals surface area contributed by atoms with Crippen LogP contribution in [0.15, 0.2) is 16.3 Å². The third-order valence-corrected chi connectivity index (χ3v) is 5.98. The van der Waals surface area contributed by atoms with Crippen molar-refractivity contribution in [2.45, 2.75) is 10.6 Å². The fourth-order valence-corrected chi connectivity index (χ4v) is 4.20.